The van der Waals surface area contributed by atoms with Crippen LogP contribution in [0.2, 0.25) is 0 Å². The number of fused-ring (bicyclic) bond motifs is 4. The van der Waals surface area contributed by atoms with Gasteiger partial charge in [-0.1, -0.05) is 56.3 Å². The number of carbonyl (C=O) groups excluding carboxylic acids is 1. The minimum atomic E-state index is 0.183. The fraction of sp³-hybridized carbons (Fsp3) is 0.375. The van der Waals surface area contributed by atoms with Crippen LogP contribution in [0.4, 0.5) is 0 Å². The Morgan fingerprint density at radius 3 is 2.52 bits per heavy atom. The van der Waals surface area contributed by atoms with E-state index in [-0.39, 0.29) is 5.78 Å². The zero-order valence-corrected chi connectivity index (χ0v) is 16.5. The van der Waals surface area contributed by atoms with Gasteiger partial charge in [0.1, 0.15) is 0 Å². The average Bonchev–Trinajstić information content (AvgIpc) is 2.93. The highest BCUT2D eigenvalue weighted by Crippen LogP contribution is 2.39. The second-order valence-electron chi connectivity index (χ2n) is 7.54. The number of ketones is 1. The van der Waals surface area contributed by atoms with Gasteiger partial charge in [0, 0.05) is 35.1 Å². The standard InChI is InChI=1S/C24H28N2O/c1-4-26(5-2)15-14-18-16-17-10-6-7-11-19(17)24(27)22-20-12-8-9-13-21(20)25(3)23(18)22/h6-13,18H,4-5,14-16H2,1-3H3/t18-/m1/s1. The summed E-state index contributed by atoms with van der Waals surface area (Å²) in [5.74, 6) is 0.535. The Balaban J connectivity index is 1.88. The highest BCUT2D eigenvalue weighted by molar-refractivity contribution is 6.18. The lowest BCUT2D eigenvalue weighted by Crippen LogP contribution is -2.26. The van der Waals surface area contributed by atoms with Crippen LogP contribution in [0.3, 0.4) is 0 Å². The van der Waals surface area contributed by atoms with Gasteiger partial charge in [-0.3, -0.25) is 4.79 Å². The van der Waals surface area contributed by atoms with Gasteiger partial charge < -0.3 is 9.47 Å². The van der Waals surface area contributed by atoms with Crippen molar-refractivity contribution >= 4 is 16.7 Å². The first kappa shape index (κ1) is 18.0. The molecule has 3 nitrogen and oxygen atoms in total. The maximum Gasteiger partial charge on any atom is 0.195 e. The molecule has 0 saturated carbocycles. The topological polar surface area (TPSA) is 25.2 Å². The molecule has 0 radical (unpaired) electrons. The molecule has 0 amide bonds. The highest BCUT2D eigenvalue weighted by Gasteiger charge is 2.32. The van der Waals surface area contributed by atoms with Crippen LogP contribution in [-0.4, -0.2) is 34.9 Å². The summed E-state index contributed by atoms with van der Waals surface area (Å²) in [7, 11) is 2.12. The predicted molar refractivity (Wildman–Crippen MR) is 112 cm³/mol. The van der Waals surface area contributed by atoms with Crippen molar-refractivity contribution in [2.75, 3.05) is 19.6 Å². The van der Waals surface area contributed by atoms with E-state index < -0.39 is 0 Å². The Morgan fingerprint density at radius 2 is 1.74 bits per heavy atom. The molecule has 0 fully saturated rings. The Labute approximate surface area is 161 Å². The van der Waals surface area contributed by atoms with E-state index in [4.69, 9.17) is 0 Å². The molecule has 0 bridgehead atoms. The zero-order chi connectivity index (χ0) is 19.0. The van der Waals surface area contributed by atoms with E-state index in [1.807, 2.05) is 18.2 Å². The molecule has 1 atom stereocenters. The van der Waals surface area contributed by atoms with E-state index in [0.717, 1.165) is 54.5 Å². The molecule has 0 unspecified atom stereocenters. The Kier molecular flexibility index (Phi) is 4.88. The summed E-state index contributed by atoms with van der Waals surface area (Å²) in [5, 5.41) is 1.09. The van der Waals surface area contributed by atoms with Gasteiger partial charge in [-0.15, -0.1) is 0 Å². The van der Waals surface area contributed by atoms with Crippen LogP contribution in [0.1, 0.15) is 53.4 Å². The normalized spacial score (nSPS) is 16.4. The molecule has 2 aromatic carbocycles. The van der Waals surface area contributed by atoms with Crippen molar-refractivity contribution in [2.24, 2.45) is 7.05 Å². The second kappa shape index (κ2) is 7.32. The van der Waals surface area contributed by atoms with Crippen molar-refractivity contribution in [1.82, 2.24) is 9.47 Å². The third-order valence-electron chi connectivity index (χ3n) is 6.18. The van der Waals surface area contributed by atoms with E-state index in [0.29, 0.717) is 5.92 Å². The number of aromatic nitrogens is 1. The summed E-state index contributed by atoms with van der Waals surface area (Å²) in [5.41, 5.74) is 5.35. The van der Waals surface area contributed by atoms with Gasteiger partial charge in [0.2, 0.25) is 0 Å². The summed E-state index contributed by atoms with van der Waals surface area (Å²) >= 11 is 0. The van der Waals surface area contributed by atoms with Gasteiger partial charge in [-0.2, -0.15) is 0 Å². The Hall–Kier alpha value is -2.39. The molecule has 0 aliphatic heterocycles. The van der Waals surface area contributed by atoms with Crippen molar-refractivity contribution in [3.63, 3.8) is 0 Å². The third-order valence-corrected chi connectivity index (χ3v) is 6.18. The number of aryl methyl sites for hydroxylation is 1. The minimum Gasteiger partial charge on any atom is -0.347 e. The lowest BCUT2D eigenvalue weighted by molar-refractivity contribution is 0.103. The van der Waals surface area contributed by atoms with Crippen molar-refractivity contribution in [1.29, 1.82) is 0 Å². The van der Waals surface area contributed by atoms with E-state index in [1.165, 1.54) is 11.3 Å². The van der Waals surface area contributed by atoms with Crippen LogP contribution in [-0.2, 0) is 13.5 Å². The molecule has 27 heavy (non-hydrogen) atoms. The minimum absolute atomic E-state index is 0.183. The summed E-state index contributed by atoms with van der Waals surface area (Å²) < 4.78 is 2.27. The van der Waals surface area contributed by atoms with Gasteiger partial charge in [0.25, 0.3) is 0 Å². The second-order valence-corrected chi connectivity index (χ2v) is 7.54. The number of hydrogen-bond donors (Lipinski definition) is 0. The van der Waals surface area contributed by atoms with Gasteiger partial charge in [-0.05, 0) is 44.1 Å². The number of para-hydroxylation sites is 1. The van der Waals surface area contributed by atoms with Crippen molar-refractivity contribution in [2.45, 2.75) is 32.6 Å². The number of hydrogen-bond acceptors (Lipinski definition) is 2. The van der Waals surface area contributed by atoms with E-state index in [1.54, 1.807) is 0 Å². The number of rotatable bonds is 5. The SMILES string of the molecule is CCN(CC)CC[C@@H]1Cc2ccccc2C(=O)c2c1n(C)c1ccccc21. The molecule has 4 rings (SSSR count). The first-order chi connectivity index (χ1) is 13.2. The summed E-state index contributed by atoms with van der Waals surface area (Å²) in [6, 6.07) is 16.5. The zero-order valence-electron chi connectivity index (χ0n) is 16.5. The molecule has 1 aromatic heterocycles. The third kappa shape index (κ3) is 3.00. The van der Waals surface area contributed by atoms with E-state index >= 15 is 0 Å². The fourth-order valence-corrected chi connectivity index (χ4v) is 4.66. The molecule has 0 saturated heterocycles. The van der Waals surface area contributed by atoms with Gasteiger partial charge >= 0.3 is 0 Å². The molecule has 0 spiro atoms. The molecule has 1 aliphatic rings. The molecule has 140 valence electrons. The van der Waals surface area contributed by atoms with Crippen LogP contribution in [0.5, 0.6) is 0 Å². The van der Waals surface area contributed by atoms with Crippen LogP contribution in [0, 0.1) is 0 Å². The molecule has 1 aliphatic carbocycles. The van der Waals surface area contributed by atoms with Crippen LogP contribution < -0.4 is 0 Å². The lowest BCUT2D eigenvalue weighted by atomic mass is 9.92. The Bertz CT molecular complexity index is 981. The maximum atomic E-state index is 13.5. The molecule has 0 N–H and O–H groups in total. The first-order valence-corrected chi connectivity index (χ1v) is 10.1. The number of benzene rings is 2. The summed E-state index contributed by atoms with van der Waals surface area (Å²) in [4.78, 5) is 16.0. The molecule has 3 aromatic rings. The van der Waals surface area contributed by atoms with Crippen molar-refractivity contribution < 1.29 is 4.79 Å². The number of nitrogens with zero attached hydrogens (tertiary/aromatic N) is 2. The molecule has 1 heterocycles. The first-order valence-electron chi connectivity index (χ1n) is 10.1. The van der Waals surface area contributed by atoms with Crippen LogP contribution in [0.25, 0.3) is 10.9 Å². The largest absolute Gasteiger partial charge is 0.347 e. The van der Waals surface area contributed by atoms with Crippen molar-refractivity contribution in [3.8, 4) is 0 Å². The van der Waals surface area contributed by atoms with Crippen LogP contribution >= 0.6 is 0 Å². The smallest absolute Gasteiger partial charge is 0.195 e. The maximum absolute atomic E-state index is 13.5. The highest BCUT2D eigenvalue weighted by atomic mass is 16.1. The summed E-state index contributed by atoms with van der Waals surface area (Å²) in [6.45, 7) is 7.64. The van der Waals surface area contributed by atoms with Gasteiger partial charge in [0.05, 0.1) is 5.56 Å². The number of carbonyl (C=O) groups is 1. The predicted octanol–water partition coefficient (Wildman–Crippen LogP) is 4.78. The Morgan fingerprint density at radius 1 is 1.04 bits per heavy atom. The molecular weight excluding hydrogens is 332 g/mol. The van der Waals surface area contributed by atoms with Gasteiger partial charge in [0.15, 0.2) is 5.78 Å². The summed E-state index contributed by atoms with van der Waals surface area (Å²) in [6.07, 6.45) is 2.00. The molecular formula is C24H28N2O. The van der Waals surface area contributed by atoms with E-state index in [9.17, 15) is 4.79 Å². The molecule has 3 heteroatoms. The van der Waals surface area contributed by atoms with Gasteiger partial charge in [-0.25, -0.2) is 0 Å². The monoisotopic (exact) mass is 360 g/mol. The lowest BCUT2D eigenvalue weighted by Gasteiger charge is -2.23. The fourth-order valence-electron chi connectivity index (χ4n) is 4.66. The average molecular weight is 361 g/mol. The van der Waals surface area contributed by atoms with Crippen molar-refractivity contribution in [3.05, 3.63) is 70.9 Å². The van der Waals surface area contributed by atoms with Crippen LogP contribution in [0.15, 0.2) is 48.5 Å². The quantitative estimate of drug-likeness (QED) is 0.654. The van der Waals surface area contributed by atoms with E-state index in [2.05, 4.69) is 60.7 Å².